The summed E-state index contributed by atoms with van der Waals surface area (Å²) in [5.74, 6) is 0.370. The molecule has 2 aromatic rings. The zero-order valence-electron chi connectivity index (χ0n) is 12.4. The number of hydrogen-bond acceptors (Lipinski definition) is 5. The summed E-state index contributed by atoms with van der Waals surface area (Å²) in [4.78, 5) is 8.11. The zero-order valence-corrected chi connectivity index (χ0v) is 13.1. The molecule has 1 aromatic carbocycles. The number of halogens is 2. The van der Waals surface area contributed by atoms with Gasteiger partial charge in [-0.3, -0.25) is 0 Å². The predicted molar refractivity (Wildman–Crippen MR) is 85.4 cm³/mol. The molecule has 23 heavy (non-hydrogen) atoms. The lowest BCUT2D eigenvalue weighted by atomic mass is 9.93. The minimum absolute atomic E-state index is 0.0614. The molecule has 5 nitrogen and oxygen atoms in total. The number of nitrogens with one attached hydrogen (secondary N) is 1. The number of nitrogens with zero attached hydrogens (tertiary/aromatic N) is 2. The Labute approximate surface area is 138 Å². The molecular formula is C16H17ClFN3O2. The first kappa shape index (κ1) is 16.0. The van der Waals surface area contributed by atoms with Gasteiger partial charge in [0.25, 0.3) is 0 Å². The summed E-state index contributed by atoms with van der Waals surface area (Å²) in [6.07, 6.45) is 5.87. The largest absolute Gasteiger partial charge is 0.449 e. The summed E-state index contributed by atoms with van der Waals surface area (Å²) in [7, 11) is 0. The summed E-state index contributed by atoms with van der Waals surface area (Å²) in [5.41, 5.74) is 0. The van der Waals surface area contributed by atoms with Gasteiger partial charge < -0.3 is 15.2 Å². The topological polar surface area (TPSA) is 67.3 Å². The lowest BCUT2D eigenvalue weighted by Gasteiger charge is -2.27. The fourth-order valence-corrected chi connectivity index (χ4v) is 2.75. The van der Waals surface area contributed by atoms with E-state index >= 15 is 0 Å². The van der Waals surface area contributed by atoms with E-state index in [4.69, 9.17) is 16.3 Å². The Morgan fingerprint density at radius 3 is 2.74 bits per heavy atom. The summed E-state index contributed by atoms with van der Waals surface area (Å²) in [6, 6.07) is 4.41. The van der Waals surface area contributed by atoms with Crippen LogP contribution in [-0.4, -0.2) is 27.2 Å². The molecule has 0 spiro atoms. The van der Waals surface area contributed by atoms with Crippen LogP contribution in [0.3, 0.4) is 0 Å². The van der Waals surface area contributed by atoms with E-state index < -0.39 is 5.82 Å². The zero-order chi connectivity index (χ0) is 16.2. The first-order chi connectivity index (χ1) is 11.1. The SMILES string of the molecule is O[C@H]1CC[C@H](Nc2ncncc2Oc2ccc(Cl)cc2F)CC1. The normalized spacial score (nSPS) is 21.0. The van der Waals surface area contributed by atoms with Crippen molar-refractivity contribution in [2.24, 2.45) is 0 Å². The highest BCUT2D eigenvalue weighted by molar-refractivity contribution is 6.30. The third-order valence-electron chi connectivity index (χ3n) is 3.83. The Bertz CT molecular complexity index is 678. The summed E-state index contributed by atoms with van der Waals surface area (Å²) in [6.45, 7) is 0. The third-order valence-corrected chi connectivity index (χ3v) is 4.07. The number of aliphatic hydroxyl groups is 1. The fraction of sp³-hybridized carbons (Fsp3) is 0.375. The quantitative estimate of drug-likeness (QED) is 0.888. The lowest BCUT2D eigenvalue weighted by Crippen LogP contribution is -2.28. The van der Waals surface area contributed by atoms with Crippen LogP contribution in [0.15, 0.2) is 30.7 Å². The Hall–Kier alpha value is -1.92. The molecule has 0 amide bonds. The van der Waals surface area contributed by atoms with Crippen LogP contribution < -0.4 is 10.1 Å². The van der Waals surface area contributed by atoms with Crippen molar-refractivity contribution in [3.63, 3.8) is 0 Å². The van der Waals surface area contributed by atoms with E-state index in [1.54, 1.807) is 6.07 Å². The number of anilines is 1. The molecule has 122 valence electrons. The van der Waals surface area contributed by atoms with Gasteiger partial charge >= 0.3 is 0 Å². The van der Waals surface area contributed by atoms with E-state index in [1.165, 1.54) is 24.7 Å². The maximum atomic E-state index is 13.9. The van der Waals surface area contributed by atoms with Gasteiger partial charge in [0.2, 0.25) is 0 Å². The molecule has 0 aliphatic heterocycles. The van der Waals surface area contributed by atoms with E-state index in [0.717, 1.165) is 25.7 Å². The number of hydrogen-bond donors (Lipinski definition) is 2. The van der Waals surface area contributed by atoms with Crippen LogP contribution in [0.1, 0.15) is 25.7 Å². The van der Waals surface area contributed by atoms with Crippen LogP contribution in [0.2, 0.25) is 5.02 Å². The molecule has 0 unspecified atom stereocenters. The van der Waals surface area contributed by atoms with E-state index in [1.807, 2.05) is 0 Å². The molecule has 0 saturated heterocycles. The molecule has 1 fully saturated rings. The van der Waals surface area contributed by atoms with Gasteiger partial charge in [0.15, 0.2) is 23.1 Å². The van der Waals surface area contributed by atoms with Crippen molar-refractivity contribution in [1.82, 2.24) is 9.97 Å². The smallest absolute Gasteiger partial charge is 0.188 e. The molecule has 7 heteroatoms. The number of aliphatic hydroxyl groups excluding tert-OH is 1. The van der Waals surface area contributed by atoms with Gasteiger partial charge in [-0.1, -0.05) is 11.6 Å². The molecule has 3 rings (SSSR count). The average Bonchev–Trinajstić information content (AvgIpc) is 2.54. The van der Waals surface area contributed by atoms with Crippen molar-refractivity contribution < 1.29 is 14.2 Å². The van der Waals surface area contributed by atoms with Crippen LogP contribution >= 0.6 is 11.6 Å². The maximum Gasteiger partial charge on any atom is 0.188 e. The summed E-state index contributed by atoms with van der Waals surface area (Å²) < 4.78 is 19.5. The molecule has 0 radical (unpaired) electrons. The third kappa shape index (κ3) is 4.09. The first-order valence-corrected chi connectivity index (χ1v) is 7.87. The first-order valence-electron chi connectivity index (χ1n) is 7.49. The van der Waals surface area contributed by atoms with Crippen molar-refractivity contribution in [3.8, 4) is 11.5 Å². The number of benzene rings is 1. The highest BCUT2D eigenvalue weighted by atomic mass is 35.5. The van der Waals surface area contributed by atoms with Gasteiger partial charge in [-0.05, 0) is 43.9 Å². The Balaban J connectivity index is 1.75. The number of ether oxygens (including phenoxy) is 1. The Morgan fingerprint density at radius 1 is 1.22 bits per heavy atom. The molecule has 1 aromatic heterocycles. The van der Waals surface area contributed by atoms with Crippen molar-refractivity contribution >= 4 is 17.4 Å². The lowest BCUT2D eigenvalue weighted by molar-refractivity contribution is 0.126. The number of rotatable bonds is 4. The highest BCUT2D eigenvalue weighted by Crippen LogP contribution is 2.31. The van der Waals surface area contributed by atoms with Crippen LogP contribution in [0, 0.1) is 5.82 Å². The molecule has 2 N–H and O–H groups in total. The molecule has 0 atom stereocenters. The van der Waals surface area contributed by atoms with E-state index in [-0.39, 0.29) is 17.9 Å². The van der Waals surface area contributed by atoms with Crippen molar-refractivity contribution in [3.05, 3.63) is 41.6 Å². The average molecular weight is 338 g/mol. The highest BCUT2D eigenvalue weighted by Gasteiger charge is 2.21. The minimum Gasteiger partial charge on any atom is -0.449 e. The van der Waals surface area contributed by atoms with Gasteiger partial charge in [-0.25, -0.2) is 14.4 Å². The van der Waals surface area contributed by atoms with Crippen molar-refractivity contribution in [2.45, 2.75) is 37.8 Å². The summed E-state index contributed by atoms with van der Waals surface area (Å²) in [5, 5.41) is 13.2. The Kier molecular flexibility index (Phi) is 4.93. The van der Waals surface area contributed by atoms with Crippen LogP contribution in [0.5, 0.6) is 11.5 Å². The molecule has 1 aliphatic carbocycles. The second-order valence-electron chi connectivity index (χ2n) is 5.56. The maximum absolute atomic E-state index is 13.9. The van der Waals surface area contributed by atoms with E-state index in [2.05, 4.69) is 15.3 Å². The summed E-state index contributed by atoms with van der Waals surface area (Å²) >= 11 is 5.74. The molecule has 0 bridgehead atoms. The fourth-order valence-electron chi connectivity index (χ4n) is 2.59. The van der Waals surface area contributed by atoms with Crippen molar-refractivity contribution in [1.29, 1.82) is 0 Å². The van der Waals surface area contributed by atoms with Gasteiger partial charge in [0.05, 0.1) is 12.3 Å². The number of aromatic nitrogens is 2. The second-order valence-corrected chi connectivity index (χ2v) is 6.00. The van der Waals surface area contributed by atoms with E-state index in [9.17, 15) is 9.50 Å². The molecule has 1 aliphatic rings. The molecule has 1 heterocycles. The van der Waals surface area contributed by atoms with Crippen molar-refractivity contribution in [2.75, 3.05) is 5.32 Å². The minimum atomic E-state index is -0.548. The second kappa shape index (κ2) is 7.10. The van der Waals surface area contributed by atoms with Gasteiger partial charge in [0.1, 0.15) is 6.33 Å². The van der Waals surface area contributed by atoms with Gasteiger partial charge in [-0.15, -0.1) is 0 Å². The molecular weight excluding hydrogens is 321 g/mol. The molecule has 1 saturated carbocycles. The standard InChI is InChI=1S/C16H17ClFN3O2/c17-10-1-6-14(13(18)7-10)23-15-8-19-9-20-16(15)21-11-2-4-12(22)5-3-11/h1,6-9,11-12,22H,2-5H2,(H,19,20,21)/t11-,12-. The van der Waals surface area contributed by atoms with Gasteiger partial charge in [0, 0.05) is 11.1 Å². The van der Waals surface area contributed by atoms with Crippen LogP contribution in [-0.2, 0) is 0 Å². The van der Waals surface area contributed by atoms with Gasteiger partial charge in [-0.2, -0.15) is 0 Å². The predicted octanol–water partition coefficient (Wildman–Crippen LogP) is 3.78. The van der Waals surface area contributed by atoms with Crippen LogP contribution in [0.4, 0.5) is 10.2 Å². The van der Waals surface area contributed by atoms with Crippen LogP contribution in [0.25, 0.3) is 0 Å². The monoisotopic (exact) mass is 337 g/mol. The Morgan fingerprint density at radius 2 is 2.00 bits per heavy atom. The van der Waals surface area contributed by atoms with E-state index in [0.29, 0.717) is 16.6 Å².